The van der Waals surface area contributed by atoms with Crippen LogP contribution in [0.3, 0.4) is 0 Å². The van der Waals surface area contributed by atoms with Crippen LogP contribution in [0.2, 0.25) is 0 Å². The second-order valence-corrected chi connectivity index (χ2v) is 8.96. The number of sulfonamides is 1. The molecule has 0 bridgehead atoms. The topological polar surface area (TPSA) is 68.3 Å². The van der Waals surface area contributed by atoms with Crippen molar-refractivity contribution >= 4 is 15.7 Å². The van der Waals surface area contributed by atoms with Gasteiger partial charge in [-0.3, -0.25) is 0 Å². The number of ether oxygens (including phenoxy) is 3. The lowest BCUT2D eigenvalue weighted by Crippen LogP contribution is -2.49. The molecule has 0 amide bonds. The lowest BCUT2D eigenvalue weighted by Gasteiger charge is -2.35. The first-order valence-corrected chi connectivity index (χ1v) is 11.1. The molecular formula is C20H23FN2O5S. The van der Waals surface area contributed by atoms with E-state index in [1.807, 2.05) is 4.90 Å². The monoisotopic (exact) mass is 422 g/mol. The molecule has 0 aromatic heterocycles. The van der Waals surface area contributed by atoms with Gasteiger partial charge in [0.1, 0.15) is 11.6 Å². The van der Waals surface area contributed by atoms with Crippen molar-refractivity contribution < 1.29 is 27.0 Å². The van der Waals surface area contributed by atoms with E-state index in [4.69, 9.17) is 14.2 Å². The summed E-state index contributed by atoms with van der Waals surface area (Å²) in [6, 6.07) is 11.8. The van der Waals surface area contributed by atoms with Gasteiger partial charge in [-0.1, -0.05) is 12.1 Å². The highest BCUT2D eigenvalue weighted by molar-refractivity contribution is 7.89. The van der Waals surface area contributed by atoms with E-state index in [9.17, 15) is 12.8 Å². The van der Waals surface area contributed by atoms with Gasteiger partial charge >= 0.3 is 0 Å². The molecule has 0 N–H and O–H groups in total. The van der Waals surface area contributed by atoms with Crippen LogP contribution >= 0.6 is 0 Å². The Hall–Kier alpha value is -2.52. The fourth-order valence-corrected chi connectivity index (χ4v) is 4.90. The van der Waals surface area contributed by atoms with Crippen LogP contribution in [0.15, 0.2) is 42.5 Å². The van der Waals surface area contributed by atoms with Crippen molar-refractivity contribution in [1.29, 1.82) is 0 Å². The van der Waals surface area contributed by atoms with E-state index >= 15 is 0 Å². The van der Waals surface area contributed by atoms with Gasteiger partial charge in [-0.2, -0.15) is 4.31 Å². The van der Waals surface area contributed by atoms with E-state index in [-0.39, 0.29) is 25.0 Å². The van der Waals surface area contributed by atoms with Gasteiger partial charge in [0, 0.05) is 32.2 Å². The molecule has 0 saturated carbocycles. The Balaban J connectivity index is 1.24. The third kappa shape index (κ3) is 4.56. The number of hydrogen-bond acceptors (Lipinski definition) is 6. The predicted octanol–water partition coefficient (Wildman–Crippen LogP) is 2.48. The van der Waals surface area contributed by atoms with Crippen molar-refractivity contribution in [2.24, 2.45) is 0 Å². The van der Waals surface area contributed by atoms with E-state index in [0.29, 0.717) is 55.5 Å². The Morgan fingerprint density at radius 1 is 1.00 bits per heavy atom. The Kier molecular flexibility index (Phi) is 5.77. The highest BCUT2D eigenvalue weighted by atomic mass is 32.2. The number of halogens is 1. The average Bonchev–Trinajstić information content (AvgIpc) is 3.20. The van der Waals surface area contributed by atoms with Crippen molar-refractivity contribution in [3.05, 3.63) is 48.3 Å². The van der Waals surface area contributed by atoms with Crippen molar-refractivity contribution in [2.45, 2.75) is 6.42 Å². The van der Waals surface area contributed by atoms with Gasteiger partial charge in [0.25, 0.3) is 0 Å². The number of benzene rings is 2. The Morgan fingerprint density at radius 3 is 2.55 bits per heavy atom. The smallest absolute Gasteiger partial charge is 0.231 e. The van der Waals surface area contributed by atoms with Crippen LogP contribution in [-0.4, -0.2) is 58.1 Å². The zero-order valence-electron chi connectivity index (χ0n) is 15.9. The number of piperazine rings is 1. The van der Waals surface area contributed by atoms with Crippen LogP contribution in [0.25, 0.3) is 0 Å². The van der Waals surface area contributed by atoms with E-state index in [1.165, 1.54) is 10.4 Å². The number of fused-ring (bicyclic) bond motifs is 1. The van der Waals surface area contributed by atoms with E-state index in [0.717, 1.165) is 0 Å². The molecular weight excluding hydrogens is 399 g/mol. The number of anilines is 1. The van der Waals surface area contributed by atoms with Crippen molar-refractivity contribution in [3.63, 3.8) is 0 Å². The van der Waals surface area contributed by atoms with Gasteiger partial charge in [0.2, 0.25) is 16.8 Å². The van der Waals surface area contributed by atoms with Gasteiger partial charge in [-0.25, -0.2) is 12.8 Å². The lowest BCUT2D eigenvalue weighted by molar-refractivity contribution is 0.173. The molecule has 0 radical (unpaired) electrons. The maximum absolute atomic E-state index is 13.9. The molecule has 2 aromatic carbocycles. The minimum absolute atomic E-state index is 0.0112. The van der Waals surface area contributed by atoms with Crippen LogP contribution in [0.1, 0.15) is 6.42 Å². The largest absolute Gasteiger partial charge is 0.493 e. The molecule has 7 nitrogen and oxygen atoms in total. The second kappa shape index (κ2) is 8.46. The number of rotatable bonds is 7. The van der Waals surface area contributed by atoms with E-state index < -0.39 is 10.0 Å². The SMILES string of the molecule is O=S(=O)(CCCOc1ccc2c(c1)OCO2)N1CCN(c2ccccc2F)CC1. The summed E-state index contributed by atoms with van der Waals surface area (Å²) in [7, 11) is -3.37. The second-order valence-electron chi connectivity index (χ2n) is 6.87. The normalized spacial score (nSPS) is 16.8. The zero-order chi connectivity index (χ0) is 20.3. The first-order valence-electron chi connectivity index (χ1n) is 9.53. The van der Waals surface area contributed by atoms with Crippen LogP contribution in [0, 0.1) is 5.82 Å². The van der Waals surface area contributed by atoms with Gasteiger partial charge in [-0.15, -0.1) is 0 Å². The molecule has 0 aliphatic carbocycles. The Labute approximate surface area is 169 Å². The maximum atomic E-state index is 13.9. The van der Waals surface area contributed by atoms with Crippen LogP contribution < -0.4 is 19.1 Å². The first kappa shape index (κ1) is 19.8. The standard InChI is InChI=1S/C20H23FN2O5S/c21-17-4-1-2-5-18(17)22-8-10-23(11-9-22)29(24,25)13-3-12-26-16-6-7-19-20(14-16)28-15-27-19/h1-2,4-7,14H,3,8-13,15H2. The number of nitrogens with zero attached hydrogens (tertiary/aromatic N) is 2. The third-order valence-corrected chi connectivity index (χ3v) is 6.94. The minimum Gasteiger partial charge on any atom is -0.493 e. The van der Waals surface area contributed by atoms with Crippen molar-refractivity contribution in [2.75, 3.05) is 50.2 Å². The number of hydrogen-bond donors (Lipinski definition) is 0. The fourth-order valence-electron chi connectivity index (χ4n) is 3.44. The van der Waals surface area contributed by atoms with Gasteiger partial charge in [-0.05, 0) is 30.7 Å². The summed E-state index contributed by atoms with van der Waals surface area (Å²) >= 11 is 0. The summed E-state index contributed by atoms with van der Waals surface area (Å²) in [5.41, 5.74) is 0.515. The summed E-state index contributed by atoms with van der Waals surface area (Å²) in [5.74, 6) is 1.64. The predicted molar refractivity (Wildman–Crippen MR) is 107 cm³/mol. The molecule has 0 unspecified atom stereocenters. The molecule has 2 heterocycles. The van der Waals surface area contributed by atoms with E-state index in [1.54, 1.807) is 36.4 Å². The highest BCUT2D eigenvalue weighted by Gasteiger charge is 2.27. The molecule has 0 atom stereocenters. The molecule has 4 rings (SSSR count). The van der Waals surface area contributed by atoms with Gasteiger partial charge in [0.05, 0.1) is 18.0 Å². The molecule has 1 saturated heterocycles. The molecule has 156 valence electrons. The summed E-state index contributed by atoms with van der Waals surface area (Å²) in [6.07, 6.45) is 0.379. The minimum atomic E-state index is -3.37. The van der Waals surface area contributed by atoms with E-state index in [2.05, 4.69) is 0 Å². The van der Waals surface area contributed by atoms with Crippen LogP contribution in [-0.2, 0) is 10.0 Å². The summed E-state index contributed by atoms with van der Waals surface area (Å²) < 4.78 is 56.8. The molecule has 29 heavy (non-hydrogen) atoms. The van der Waals surface area contributed by atoms with Gasteiger partial charge in [0.15, 0.2) is 11.5 Å². The molecule has 2 aliphatic rings. The van der Waals surface area contributed by atoms with Crippen LogP contribution in [0.4, 0.5) is 10.1 Å². The molecule has 2 aromatic rings. The quantitative estimate of drug-likeness (QED) is 0.639. The third-order valence-electron chi connectivity index (χ3n) is 4.98. The molecule has 9 heteroatoms. The summed E-state index contributed by atoms with van der Waals surface area (Å²) in [4.78, 5) is 1.88. The molecule has 2 aliphatic heterocycles. The van der Waals surface area contributed by atoms with Crippen molar-refractivity contribution in [3.8, 4) is 17.2 Å². The lowest BCUT2D eigenvalue weighted by atomic mass is 10.2. The highest BCUT2D eigenvalue weighted by Crippen LogP contribution is 2.35. The summed E-state index contributed by atoms with van der Waals surface area (Å²) in [5, 5.41) is 0. The number of para-hydroxylation sites is 1. The average molecular weight is 422 g/mol. The van der Waals surface area contributed by atoms with Crippen molar-refractivity contribution in [1.82, 2.24) is 4.31 Å². The van der Waals surface area contributed by atoms with Gasteiger partial charge < -0.3 is 19.1 Å². The molecule has 0 spiro atoms. The Bertz CT molecular complexity index is 961. The molecule has 1 fully saturated rings. The first-order chi connectivity index (χ1) is 14.0. The summed E-state index contributed by atoms with van der Waals surface area (Å²) in [6.45, 7) is 2.11. The Morgan fingerprint density at radius 2 is 1.76 bits per heavy atom. The fraction of sp³-hybridized carbons (Fsp3) is 0.400. The zero-order valence-corrected chi connectivity index (χ0v) is 16.7. The van der Waals surface area contributed by atoms with Crippen LogP contribution in [0.5, 0.6) is 17.2 Å². The maximum Gasteiger partial charge on any atom is 0.231 e.